The van der Waals surface area contributed by atoms with Gasteiger partial charge in [0.1, 0.15) is 11.5 Å². The van der Waals surface area contributed by atoms with E-state index < -0.39 is 0 Å². The van der Waals surface area contributed by atoms with Crippen LogP contribution >= 0.6 is 0 Å². The van der Waals surface area contributed by atoms with Crippen molar-refractivity contribution < 1.29 is 18.7 Å². The van der Waals surface area contributed by atoms with E-state index in [-0.39, 0.29) is 17.6 Å². The van der Waals surface area contributed by atoms with E-state index in [9.17, 15) is 9.59 Å². The van der Waals surface area contributed by atoms with Gasteiger partial charge in [0.05, 0.1) is 5.69 Å². The van der Waals surface area contributed by atoms with Crippen LogP contribution in [0.1, 0.15) is 24.4 Å². The lowest BCUT2D eigenvalue weighted by Gasteiger charge is -2.19. The molecule has 0 spiro atoms. The first kappa shape index (κ1) is 15.3. The molecular weight excluding hydrogens is 320 g/mol. The Hall–Kier alpha value is -3.28. The van der Waals surface area contributed by atoms with Gasteiger partial charge in [-0.15, -0.1) is 0 Å². The maximum absolute atomic E-state index is 12.1. The fourth-order valence-electron chi connectivity index (χ4n) is 2.40. The Labute approximate surface area is 144 Å². The number of hydrogen-bond donors (Lipinski definition) is 2. The number of rotatable bonds is 4. The molecule has 126 valence electrons. The van der Waals surface area contributed by atoms with Crippen LogP contribution < -0.4 is 15.4 Å². The number of benzene rings is 1. The van der Waals surface area contributed by atoms with Gasteiger partial charge in [-0.05, 0) is 43.2 Å². The third-order valence-electron chi connectivity index (χ3n) is 3.82. The minimum atomic E-state index is -0.337. The highest BCUT2D eigenvalue weighted by molar-refractivity contribution is 6.08. The van der Waals surface area contributed by atoms with Crippen LogP contribution in [0.15, 0.2) is 52.7 Å². The topological polar surface area (TPSA) is 80.6 Å². The molecule has 2 amide bonds. The lowest BCUT2D eigenvalue weighted by atomic mass is 10.2. The first-order valence-corrected chi connectivity index (χ1v) is 8.06. The Bertz CT molecular complexity index is 890. The van der Waals surface area contributed by atoms with E-state index in [0.717, 1.165) is 12.8 Å². The van der Waals surface area contributed by atoms with Crippen LogP contribution in [0.5, 0.6) is 5.75 Å². The number of furan rings is 1. The molecule has 0 atom stereocenters. The standard InChI is InChI=1S/C19H16N2O4/c22-18(20-12-5-6-12)10-9-13-7-8-14(24-13)11-17-19(23)21-15-3-1-2-4-16(15)25-17/h1-4,7-12H,5-6H2,(H,20,22)(H,21,23)/b10-9+,17-11-. The summed E-state index contributed by atoms with van der Waals surface area (Å²) in [5.41, 5.74) is 0.634. The van der Waals surface area contributed by atoms with E-state index in [1.54, 1.807) is 30.3 Å². The molecule has 1 aromatic carbocycles. The molecule has 1 aliphatic carbocycles. The largest absolute Gasteiger partial charge is 0.457 e. The molecule has 4 rings (SSSR count). The van der Waals surface area contributed by atoms with Crippen molar-refractivity contribution in [3.63, 3.8) is 0 Å². The van der Waals surface area contributed by atoms with Crippen LogP contribution in [0.3, 0.4) is 0 Å². The van der Waals surface area contributed by atoms with E-state index in [1.165, 1.54) is 12.2 Å². The van der Waals surface area contributed by atoms with Crippen molar-refractivity contribution in [2.24, 2.45) is 0 Å². The van der Waals surface area contributed by atoms with E-state index in [1.807, 2.05) is 12.1 Å². The summed E-state index contributed by atoms with van der Waals surface area (Å²) in [6.45, 7) is 0. The third kappa shape index (κ3) is 3.63. The highest BCUT2D eigenvalue weighted by Crippen LogP contribution is 2.31. The zero-order valence-electron chi connectivity index (χ0n) is 13.3. The van der Waals surface area contributed by atoms with Gasteiger partial charge < -0.3 is 19.8 Å². The molecule has 1 fully saturated rings. The number of nitrogens with one attached hydrogen (secondary N) is 2. The number of carbonyl (C=O) groups is 2. The number of amides is 2. The molecular formula is C19H16N2O4. The average Bonchev–Trinajstić information content (AvgIpc) is 3.30. The predicted octanol–water partition coefficient (Wildman–Crippen LogP) is 2.94. The zero-order chi connectivity index (χ0) is 17.2. The van der Waals surface area contributed by atoms with Crippen molar-refractivity contribution in [3.8, 4) is 5.75 Å². The smallest absolute Gasteiger partial charge is 0.291 e. The Morgan fingerprint density at radius 1 is 1.16 bits per heavy atom. The van der Waals surface area contributed by atoms with Crippen molar-refractivity contribution in [3.05, 3.63) is 59.8 Å². The fourth-order valence-corrected chi connectivity index (χ4v) is 2.40. The minimum Gasteiger partial charge on any atom is -0.457 e. The second-order valence-electron chi connectivity index (χ2n) is 5.92. The molecule has 0 radical (unpaired) electrons. The molecule has 0 bridgehead atoms. The lowest BCUT2D eigenvalue weighted by Crippen LogP contribution is -2.23. The molecule has 6 heteroatoms. The monoisotopic (exact) mass is 336 g/mol. The number of hydrogen-bond acceptors (Lipinski definition) is 4. The second kappa shape index (κ2) is 6.32. The molecule has 1 aromatic heterocycles. The van der Waals surface area contributed by atoms with Gasteiger partial charge in [-0.1, -0.05) is 12.1 Å². The van der Waals surface area contributed by atoms with E-state index in [4.69, 9.17) is 9.15 Å². The number of anilines is 1. The Kier molecular flexibility index (Phi) is 3.85. The van der Waals surface area contributed by atoms with Gasteiger partial charge >= 0.3 is 0 Å². The van der Waals surface area contributed by atoms with Gasteiger partial charge in [-0.2, -0.15) is 0 Å². The number of carbonyl (C=O) groups excluding carboxylic acids is 2. The Balaban J connectivity index is 1.46. The van der Waals surface area contributed by atoms with Crippen LogP contribution in [-0.2, 0) is 9.59 Å². The predicted molar refractivity (Wildman–Crippen MR) is 92.6 cm³/mol. The fraction of sp³-hybridized carbons (Fsp3) is 0.158. The summed E-state index contributed by atoms with van der Waals surface area (Å²) in [6, 6.07) is 10.9. The number of ether oxygens (including phenoxy) is 1. The van der Waals surface area contributed by atoms with Gasteiger partial charge in [0.15, 0.2) is 11.5 Å². The summed E-state index contributed by atoms with van der Waals surface area (Å²) >= 11 is 0. The van der Waals surface area contributed by atoms with Gasteiger partial charge in [-0.3, -0.25) is 9.59 Å². The van der Waals surface area contributed by atoms with Gasteiger partial charge in [0, 0.05) is 18.2 Å². The van der Waals surface area contributed by atoms with Crippen molar-refractivity contribution in [1.82, 2.24) is 5.32 Å². The molecule has 2 aliphatic rings. The summed E-state index contributed by atoms with van der Waals surface area (Å²) in [5.74, 6) is 1.24. The molecule has 2 N–H and O–H groups in total. The molecule has 0 saturated heterocycles. The molecule has 0 unspecified atom stereocenters. The SMILES string of the molecule is O=C(/C=C/c1ccc(/C=C2\Oc3ccccc3NC2=O)o1)NC1CC1. The maximum Gasteiger partial charge on any atom is 0.291 e. The molecule has 2 heterocycles. The second-order valence-corrected chi connectivity index (χ2v) is 5.92. The summed E-state index contributed by atoms with van der Waals surface area (Å²) in [6.07, 6.45) is 6.64. The highest BCUT2D eigenvalue weighted by atomic mass is 16.5. The van der Waals surface area contributed by atoms with Crippen molar-refractivity contribution in [2.45, 2.75) is 18.9 Å². The molecule has 1 aliphatic heterocycles. The quantitative estimate of drug-likeness (QED) is 0.841. The molecule has 25 heavy (non-hydrogen) atoms. The van der Waals surface area contributed by atoms with Crippen LogP contribution in [0.25, 0.3) is 12.2 Å². The van der Waals surface area contributed by atoms with Gasteiger partial charge in [0.2, 0.25) is 5.91 Å². The number of para-hydroxylation sites is 2. The summed E-state index contributed by atoms with van der Waals surface area (Å²) in [4.78, 5) is 23.7. The Morgan fingerprint density at radius 3 is 2.80 bits per heavy atom. The van der Waals surface area contributed by atoms with Gasteiger partial charge in [0.25, 0.3) is 5.91 Å². The zero-order valence-corrected chi connectivity index (χ0v) is 13.3. The normalized spacial score (nSPS) is 17.9. The van der Waals surface area contributed by atoms with E-state index >= 15 is 0 Å². The van der Waals surface area contributed by atoms with Crippen molar-refractivity contribution >= 4 is 29.7 Å². The molecule has 6 nitrogen and oxygen atoms in total. The van der Waals surface area contributed by atoms with Crippen molar-refractivity contribution in [1.29, 1.82) is 0 Å². The summed E-state index contributed by atoms with van der Waals surface area (Å²) in [5, 5.41) is 5.62. The number of fused-ring (bicyclic) bond motifs is 1. The first-order chi connectivity index (χ1) is 12.2. The lowest BCUT2D eigenvalue weighted by molar-refractivity contribution is -0.116. The van der Waals surface area contributed by atoms with Crippen molar-refractivity contribution in [2.75, 3.05) is 5.32 Å². The highest BCUT2D eigenvalue weighted by Gasteiger charge is 2.23. The third-order valence-corrected chi connectivity index (χ3v) is 3.82. The van der Waals surface area contributed by atoms with E-state index in [2.05, 4.69) is 10.6 Å². The van der Waals surface area contributed by atoms with Crippen LogP contribution in [-0.4, -0.2) is 17.9 Å². The van der Waals surface area contributed by atoms with Crippen LogP contribution in [0.4, 0.5) is 5.69 Å². The summed E-state index contributed by atoms with van der Waals surface area (Å²) in [7, 11) is 0. The molecule has 2 aromatic rings. The van der Waals surface area contributed by atoms with E-state index in [0.29, 0.717) is 29.0 Å². The average molecular weight is 336 g/mol. The minimum absolute atomic E-state index is 0.134. The van der Waals surface area contributed by atoms with Crippen LogP contribution in [0, 0.1) is 0 Å². The molecule has 1 saturated carbocycles. The van der Waals surface area contributed by atoms with Gasteiger partial charge in [-0.25, -0.2) is 0 Å². The summed E-state index contributed by atoms with van der Waals surface area (Å²) < 4.78 is 11.2. The first-order valence-electron chi connectivity index (χ1n) is 8.06. The maximum atomic E-state index is 12.1. The Morgan fingerprint density at radius 2 is 1.96 bits per heavy atom. The van der Waals surface area contributed by atoms with Crippen LogP contribution in [0.2, 0.25) is 0 Å².